The summed E-state index contributed by atoms with van der Waals surface area (Å²) in [6.45, 7) is 1.79. The summed E-state index contributed by atoms with van der Waals surface area (Å²) < 4.78 is 4.57. The molecular weight excluding hydrogens is 254 g/mol. The molecule has 0 saturated carbocycles. The number of hydrogen-bond donors (Lipinski definition) is 1. The molecule has 0 amide bonds. The molecule has 0 unspecified atom stereocenters. The van der Waals surface area contributed by atoms with Gasteiger partial charge in [-0.3, -0.25) is 10.1 Å². The van der Waals surface area contributed by atoms with E-state index in [0.717, 1.165) is 12.1 Å². The maximum absolute atomic E-state index is 11.0. The number of nitro groups is 1. The van der Waals surface area contributed by atoms with Gasteiger partial charge in [0.1, 0.15) is 5.56 Å². The summed E-state index contributed by atoms with van der Waals surface area (Å²) in [6, 6.07) is 3.32. The van der Waals surface area contributed by atoms with Gasteiger partial charge < -0.3 is 9.84 Å². The maximum Gasteiger partial charge on any atom is 0.384 e. The van der Waals surface area contributed by atoms with Crippen LogP contribution in [0.1, 0.15) is 22.8 Å². The highest BCUT2D eigenvalue weighted by molar-refractivity contribution is 5.93. The molecule has 0 aliphatic carbocycles. The van der Waals surface area contributed by atoms with Crippen LogP contribution in [0.15, 0.2) is 18.2 Å². The number of carbonyl (C=O) groups excluding carboxylic acids is 1. The third-order valence-corrected chi connectivity index (χ3v) is 2.01. The smallest absolute Gasteiger partial charge is 0.384 e. The van der Waals surface area contributed by atoms with Crippen LogP contribution in [0.5, 0.6) is 0 Å². The van der Waals surface area contributed by atoms with Gasteiger partial charge in [0.05, 0.1) is 11.5 Å². The van der Waals surface area contributed by atoms with Crippen LogP contribution >= 0.6 is 0 Å². The Hall–Kier alpha value is -2.88. The van der Waals surface area contributed by atoms with E-state index in [-0.39, 0.29) is 12.2 Å². The number of esters is 1. The van der Waals surface area contributed by atoms with Crippen molar-refractivity contribution in [2.45, 2.75) is 6.92 Å². The highest BCUT2D eigenvalue weighted by Crippen LogP contribution is 2.19. The van der Waals surface area contributed by atoms with E-state index in [4.69, 9.17) is 5.11 Å². The number of carboxylic acid groups (broad SMARTS) is 1. The van der Waals surface area contributed by atoms with Crippen molar-refractivity contribution in [1.29, 1.82) is 0 Å². The van der Waals surface area contributed by atoms with Gasteiger partial charge in [0.15, 0.2) is 0 Å². The third kappa shape index (κ3) is 3.81. The van der Waals surface area contributed by atoms with Gasteiger partial charge in [-0.15, -0.1) is 0 Å². The molecule has 1 N–H and O–H groups in total. The van der Waals surface area contributed by atoms with Crippen molar-refractivity contribution in [3.05, 3.63) is 39.4 Å². The molecule has 0 aliphatic rings. The lowest BCUT2D eigenvalue weighted by Gasteiger charge is -1.98. The largest absolute Gasteiger partial charge is 0.477 e. The Morgan fingerprint density at radius 2 is 2.16 bits per heavy atom. The second kappa shape index (κ2) is 6.16. The van der Waals surface area contributed by atoms with Crippen molar-refractivity contribution in [2.75, 3.05) is 6.61 Å². The molecule has 1 aromatic carbocycles. The fourth-order valence-corrected chi connectivity index (χ4v) is 1.23. The van der Waals surface area contributed by atoms with Crippen molar-refractivity contribution in [1.82, 2.24) is 0 Å². The number of ether oxygens (including phenoxy) is 1. The van der Waals surface area contributed by atoms with Gasteiger partial charge >= 0.3 is 11.9 Å². The van der Waals surface area contributed by atoms with Crippen LogP contribution in [0.25, 0.3) is 0 Å². The second-order valence-corrected chi connectivity index (χ2v) is 3.26. The standard InChI is InChI=1S/C12H9NO6/c1-2-19-11(14)6-4-8-3-5-10(13(17)18)9(7-8)12(15)16/h3,5,7H,2H2,1H3,(H,15,16). The average molecular weight is 263 g/mol. The Labute approximate surface area is 108 Å². The van der Waals surface area contributed by atoms with Crippen molar-refractivity contribution < 1.29 is 24.4 Å². The van der Waals surface area contributed by atoms with Crippen LogP contribution in [-0.2, 0) is 9.53 Å². The highest BCUT2D eigenvalue weighted by Gasteiger charge is 2.19. The lowest BCUT2D eigenvalue weighted by Crippen LogP contribution is -2.03. The molecule has 7 heteroatoms. The number of aromatic carboxylic acids is 1. The van der Waals surface area contributed by atoms with Crippen LogP contribution in [-0.4, -0.2) is 28.6 Å². The maximum atomic E-state index is 11.0. The first-order chi connectivity index (χ1) is 8.95. The zero-order valence-corrected chi connectivity index (χ0v) is 9.87. The van der Waals surface area contributed by atoms with E-state index in [1.807, 2.05) is 0 Å². The fourth-order valence-electron chi connectivity index (χ4n) is 1.23. The normalized spacial score (nSPS) is 9.11. The molecule has 0 radical (unpaired) electrons. The number of rotatable bonds is 3. The van der Waals surface area contributed by atoms with Crippen molar-refractivity contribution in [3.63, 3.8) is 0 Å². The quantitative estimate of drug-likeness (QED) is 0.380. The summed E-state index contributed by atoms with van der Waals surface area (Å²) in [5, 5.41) is 19.5. The van der Waals surface area contributed by atoms with Gasteiger partial charge in [-0.25, -0.2) is 9.59 Å². The zero-order valence-electron chi connectivity index (χ0n) is 9.87. The third-order valence-electron chi connectivity index (χ3n) is 2.01. The predicted octanol–water partition coefficient (Wildman–Crippen LogP) is 1.21. The molecule has 7 nitrogen and oxygen atoms in total. The average Bonchev–Trinajstić information content (AvgIpc) is 2.36. The van der Waals surface area contributed by atoms with E-state index in [0.29, 0.717) is 0 Å². The monoisotopic (exact) mass is 263 g/mol. The van der Waals surface area contributed by atoms with Crippen LogP contribution in [0.3, 0.4) is 0 Å². The molecule has 0 aliphatic heterocycles. The number of hydrogen-bond acceptors (Lipinski definition) is 5. The van der Waals surface area contributed by atoms with Gasteiger partial charge in [0, 0.05) is 17.6 Å². The summed E-state index contributed by atoms with van der Waals surface area (Å²) >= 11 is 0. The summed E-state index contributed by atoms with van der Waals surface area (Å²) in [5.74, 6) is 2.33. The van der Waals surface area contributed by atoms with Gasteiger partial charge in [-0.05, 0) is 19.1 Å². The van der Waals surface area contributed by atoms with Crippen molar-refractivity contribution in [2.24, 2.45) is 0 Å². The molecule has 98 valence electrons. The number of nitrogens with zero attached hydrogens (tertiary/aromatic N) is 1. The molecule has 0 aromatic heterocycles. The van der Waals surface area contributed by atoms with Crippen LogP contribution in [0.2, 0.25) is 0 Å². The van der Waals surface area contributed by atoms with Crippen molar-refractivity contribution >= 4 is 17.6 Å². The summed E-state index contributed by atoms with van der Waals surface area (Å²) in [5.41, 5.74) is -0.842. The Bertz CT molecular complexity index is 596. The molecule has 1 aromatic rings. The molecule has 1 rings (SSSR count). The highest BCUT2D eigenvalue weighted by atomic mass is 16.6. The molecular formula is C12H9NO6. The number of carbonyl (C=O) groups is 2. The lowest BCUT2D eigenvalue weighted by molar-refractivity contribution is -0.385. The van der Waals surface area contributed by atoms with Gasteiger partial charge in [-0.2, -0.15) is 0 Å². The summed E-state index contributed by atoms with van der Waals surface area (Å²) in [6.07, 6.45) is 0. The number of benzene rings is 1. The van der Waals surface area contributed by atoms with Gasteiger partial charge in [0.2, 0.25) is 0 Å². The molecule has 0 bridgehead atoms. The SMILES string of the molecule is CCOC(=O)C#Cc1ccc([N+](=O)[O-])c(C(=O)O)c1. The van der Waals surface area contributed by atoms with E-state index >= 15 is 0 Å². The molecule has 19 heavy (non-hydrogen) atoms. The van der Waals surface area contributed by atoms with E-state index in [2.05, 4.69) is 16.6 Å². The minimum atomic E-state index is -1.44. The van der Waals surface area contributed by atoms with E-state index < -0.39 is 28.1 Å². The first-order valence-electron chi connectivity index (χ1n) is 5.16. The lowest BCUT2D eigenvalue weighted by atomic mass is 10.1. The number of nitro benzene ring substituents is 1. The predicted molar refractivity (Wildman–Crippen MR) is 63.6 cm³/mol. The van der Waals surface area contributed by atoms with Crippen LogP contribution < -0.4 is 0 Å². The fraction of sp³-hybridized carbons (Fsp3) is 0.167. The van der Waals surface area contributed by atoms with Gasteiger partial charge in [-0.1, -0.05) is 5.92 Å². The summed E-state index contributed by atoms with van der Waals surface area (Å²) in [7, 11) is 0. The Morgan fingerprint density at radius 3 is 2.68 bits per heavy atom. The first kappa shape index (κ1) is 14.2. The topological polar surface area (TPSA) is 107 Å². The Balaban J connectivity index is 3.12. The molecule has 0 fully saturated rings. The van der Waals surface area contributed by atoms with E-state index in [1.54, 1.807) is 6.92 Å². The Morgan fingerprint density at radius 1 is 1.47 bits per heavy atom. The molecule has 0 atom stereocenters. The Kier molecular flexibility index (Phi) is 4.60. The number of carboxylic acids is 1. The molecule has 0 heterocycles. The molecule has 0 saturated heterocycles. The van der Waals surface area contributed by atoms with Crippen molar-refractivity contribution in [3.8, 4) is 11.8 Å². The van der Waals surface area contributed by atoms with Crippen LogP contribution in [0.4, 0.5) is 5.69 Å². The molecule has 0 spiro atoms. The van der Waals surface area contributed by atoms with Gasteiger partial charge in [0.25, 0.3) is 5.69 Å². The minimum absolute atomic E-state index is 0.175. The zero-order chi connectivity index (χ0) is 14.4. The minimum Gasteiger partial charge on any atom is -0.477 e. The van der Waals surface area contributed by atoms with E-state index in [1.165, 1.54) is 6.07 Å². The van der Waals surface area contributed by atoms with E-state index in [9.17, 15) is 19.7 Å². The summed E-state index contributed by atoms with van der Waals surface area (Å²) in [4.78, 5) is 31.7. The second-order valence-electron chi connectivity index (χ2n) is 3.26. The van der Waals surface area contributed by atoms with Crippen LogP contribution in [0, 0.1) is 22.0 Å². The first-order valence-corrected chi connectivity index (χ1v) is 5.16.